The number of aliphatic hydroxyl groups excluding tert-OH is 3. The number of carbonyl (C=O) groups is 1. The summed E-state index contributed by atoms with van der Waals surface area (Å²) in [5.41, 5.74) is 0.101. The number of rotatable bonds is 4. The van der Waals surface area contributed by atoms with Crippen molar-refractivity contribution in [2.24, 2.45) is 7.05 Å². The number of imidazole rings is 1. The topological polar surface area (TPSA) is 105 Å². The summed E-state index contributed by atoms with van der Waals surface area (Å²) in [6, 6.07) is 0. The number of hydrogen-bond donors (Lipinski definition) is 3. The van der Waals surface area contributed by atoms with E-state index < -0.39 is 24.8 Å². The minimum absolute atomic E-state index is 0.0155. The normalized spacial score (nSPS) is 14.6. The molecule has 1 rings (SSSR count). The Morgan fingerprint density at radius 3 is 2.75 bits per heavy atom. The molecule has 3 N–H and O–H groups in total. The molecule has 16 heavy (non-hydrogen) atoms. The molecule has 0 bridgehead atoms. The van der Waals surface area contributed by atoms with Gasteiger partial charge in [0.05, 0.1) is 19.4 Å². The van der Waals surface area contributed by atoms with E-state index in [-0.39, 0.29) is 11.5 Å². The molecule has 0 spiro atoms. The van der Waals surface area contributed by atoms with E-state index >= 15 is 0 Å². The quantitative estimate of drug-likeness (QED) is 0.549. The van der Waals surface area contributed by atoms with Gasteiger partial charge in [-0.1, -0.05) is 0 Å². The van der Waals surface area contributed by atoms with Crippen LogP contribution in [0, 0.1) is 0 Å². The maximum Gasteiger partial charge on any atom is 0.374 e. The molecule has 1 aromatic rings. The van der Waals surface area contributed by atoms with Crippen molar-refractivity contribution in [2.45, 2.75) is 12.2 Å². The van der Waals surface area contributed by atoms with E-state index in [1.807, 2.05) is 0 Å². The van der Waals surface area contributed by atoms with Crippen LogP contribution in [0.1, 0.15) is 22.4 Å². The third-order valence-electron chi connectivity index (χ3n) is 2.12. The lowest BCUT2D eigenvalue weighted by Crippen LogP contribution is -2.22. The highest BCUT2D eigenvalue weighted by Gasteiger charge is 2.23. The maximum absolute atomic E-state index is 11.2. The number of methoxy groups -OCH3 is 1. The van der Waals surface area contributed by atoms with Gasteiger partial charge in [-0.15, -0.1) is 0 Å². The van der Waals surface area contributed by atoms with Crippen molar-refractivity contribution in [3.8, 4) is 0 Å². The molecule has 0 aliphatic rings. The van der Waals surface area contributed by atoms with Gasteiger partial charge in [0.15, 0.2) is 0 Å². The number of esters is 1. The summed E-state index contributed by atoms with van der Waals surface area (Å²) < 4.78 is 5.85. The fraction of sp³-hybridized carbons (Fsp3) is 0.556. The number of aliphatic hydroxyl groups is 3. The van der Waals surface area contributed by atoms with E-state index in [0.29, 0.717) is 0 Å². The van der Waals surface area contributed by atoms with E-state index in [2.05, 4.69) is 9.72 Å². The summed E-state index contributed by atoms with van der Waals surface area (Å²) in [5, 5.41) is 27.4. The van der Waals surface area contributed by atoms with E-state index in [0.717, 1.165) is 0 Å². The largest absolute Gasteiger partial charge is 0.463 e. The van der Waals surface area contributed by atoms with Crippen molar-refractivity contribution in [2.75, 3.05) is 13.7 Å². The number of aromatic nitrogens is 2. The third-order valence-corrected chi connectivity index (χ3v) is 2.12. The average Bonchev–Trinajstić information content (AvgIpc) is 2.68. The summed E-state index contributed by atoms with van der Waals surface area (Å²) >= 11 is 0. The fourth-order valence-corrected chi connectivity index (χ4v) is 1.21. The minimum atomic E-state index is -1.34. The van der Waals surface area contributed by atoms with Crippen LogP contribution in [0.5, 0.6) is 0 Å². The van der Waals surface area contributed by atoms with Crippen LogP contribution in [-0.2, 0) is 11.8 Å². The second kappa shape index (κ2) is 5.06. The molecule has 1 aromatic heterocycles. The SMILES string of the molecule is COC(=O)c1nc(C(O)C(O)CO)cn1C. The smallest absolute Gasteiger partial charge is 0.374 e. The molecule has 0 aliphatic heterocycles. The van der Waals surface area contributed by atoms with Gasteiger partial charge in [0.2, 0.25) is 5.82 Å². The van der Waals surface area contributed by atoms with Crippen LogP contribution in [0.2, 0.25) is 0 Å². The van der Waals surface area contributed by atoms with Gasteiger partial charge in [-0.25, -0.2) is 9.78 Å². The van der Waals surface area contributed by atoms with Gasteiger partial charge in [0.25, 0.3) is 0 Å². The molecule has 7 nitrogen and oxygen atoms in total. The Morgan fingerprint density at radius 1 is 1.62 bits per heavy atom. The van der Waals surface area contributed by atoms with Crippen molar-refractivity contribution in [1.82, 2.24) is 9.55 Å². The Hall–Kier alpha value is -1.44. The van der Waals surface area contributed by atoms with Crippen molar-refractivity contribution in [3.63, 3.8) is 0 Å². The summed E-state index contributed by atoms with van der Waals surface area (Å²) in [5.74, 6) is -0.624. The number of hydrogen-bond acceptors (Lipinski definition) is 6. The summed E-state index contributed by atoms with van der Waals surface area (Å²) in [7, 11) is 2.77. The first-order valence-corrected chi connectivity index (χ1v) is 4.59. The lowest BCUT2D eigenvalue weighted by molar-refractivity contribution is -0.0171. The van der Waals surface area contributed by atoms with Crippen molar-refractivity contribution in [3.05, 3.63) is 17.7 Å². The molecule has 90 valence electrons. The summed E-state index contributed by atoms with van der Waals surface area (Å²) in [6.07, 6.45) is -1.29. The fourth-order valence-electron chi connectivity index (χ4n) is 1.21. The van der Waals surface area contributed by atoms with Crippen LogP contribution in [0.4, 0.5) is 0 Å². The van der Waals surface area contributed by atoms with Crippen LogP contribution in [0.15, 0.2) is 6.20 Å². The monoisotopic (exact) mass is 230 g/mol. The zero-order chi connectivity index (χ0) is 12.3. The standard InChI is InChI=1S/C9H14N2O5/c1-11-3-5(7(14)6(13)4-12)10-8(11)9(15)16-2/h3,6-7,12-14H,4H2,1-2H3. The molecule has 2 atom stereocenters. The first-order valence-electron chi connectivity index (χ1n) is 4.59. The van der Waals surface area contributed by atoms with Gasteiger partial charge in [-0.2, -0.15) is 0 Å². The van der Waals surface area contributed by atoms with E-state index in [1.165, 1.54) is 17.9 Å². The number of aryl methyl sites for hydroxylation is 1. The first-order chi connectivity index (χ1) is 7.51. The Balaban J connectivity index is 2.96. The van der Waals surface area contributed by atoms with Crippen LogP contribution in [0.25, 0.3) is 0 Å². The second-order valence-electron chi connectivity index (χ2n) is 3.29. The predicted octanol–water partition coefficient (Wildman–Crippen LogP) is -1.41. The molecular weight excluding hydrogens is 216 g/mol. The van der Waals surface area contributed by atoms with Gasteiger partial charge in [0, 0.05) is 13.2 Å². The number of nitrogens with zero attached hydrogens (tertiary/aromatic N) is 2. The molecule has 0 saturated heterocycles. The molecular formula is C9H14N2O5. The van der Waals surface area contributed by atoms with Crippen LogP contribution in [0.3, 0.4) is 0 Å². The maximum atomic E-state index is 11.2. The Morgan fingerprint density at radius 2 is 2.25 bits per heavy atom. The zero-order valence-corrected chi connectivity index (χ0v) is 8.99. The van der Waals surface area contributed by atoms with Crippen molar-refractivity contribution in [1.29, 1.82) is 0 Å². The molecule has 0 aromatic carbocycles. The number of ether oxygens (including phenoxy) is 1. The Kier molecular flexibility index (Phi) is 3.99. The van der Waals surface area contributed by atoms with Gasteiger partial charge in [-0.05, 0) is 0 Å². The molecule has 7 heteroatoms. The molecule has 0 amide bonds. The van der Waals surface area contributed by atoms with E-state index in [9.17, 15) is 15.0 Å². The lowest BCUT2D eigenvalue weighted by atomic mass is 10.2. The predicted molar refractivity (Wildman–Crippen MR) is 52.6 cm³/mol. The van der Waals surface area contributed by atoms with Crippen LogP contribution in [-0.4, -0.2) is 50.7 Å². The van der Waals surface area contributed by atoms with Crippen molar-refractivity contribution < 1.29 is 24.9 Å². The van der Waals surface area contributed by atoms with Gasteiger partial charge < -0.3 is 24.6 Å². The minimum Gasteiger partial charge on any atom is -0.463 e. The molecule has 1 heterocycles. The highest BCUT2D eigenvalue weighted by Crippen LogP contribution is 2.16. The zero-order valence-electron chi connectivity index (χ0n) is 8.99. The number of carbonyl (C=O) groups excluding carboxylic acids is 1. The van der Waals surface area contributed by atoms with E-state index in [4.69, 9.17) is 5.11 Å². The van der Waals surface area contributed by atoms with Gasteiger partial charge >= 0.3 is 5.97 Å². The lowest BCUT2D eigenvalue weighted by Gasteiger charge is -2.12. The third kappa shape index (κ3) is 2.38. The molecule has 0 radical (unpaired) electrons. The highest BCUT2D eigenvalue weighted by molar-refractivity contribution is 5.85. The van der Waals surface area contributed by atoms with Crippen LogP contribution < -0.4 is 0 Å². The van der Waals surface area contributed by atoms with Gasteiger partial charge in [-0.3, -0.25) is 0 Å². The summed E-state index contributed by atoms with van der Waals surface area (Å²) in [4.78, 5) is 15.0. The Labute approximate surface area is 91.9 Å². The Bertz CT molecular complexity index is 376. The summed E-state index contributed by atoms with van der Waals surface area (Å²) in [6.45, 7) is -0.592. The molecule has 2 unspecified atom stereocenters. The molecule has 0 saturated carbocycles. The first kappa shape index (κ1) is 12.6. The van der Waals surface area contributed by atoms with E-state index in [1.54, 1.807) is 7.05 Å². The highest BCUT2D eigenvalue weighted by atomic mass is 16.5. The second-order valence-corrected chi connectivity index (χ2v) is 3.29. The van der Waals surface area contributed by atoms with Crippen LogP contribution >= 0.6 is 0 Å². The molecule has 0 aliphatic carbocycles. The van der Waals surface area contributed by atoms with Crippen molar-refractivity contribution >= 4 is 5.97 Å². The van der Waals surface area contributed by atoms with Gasteiger partial charge in [0.1, 0.15) is 12.2 Å². The molecule has 0 fully saturated rings. The average molecular weight is 230 g/mol.